The van der Waals surface area contributed by atoms with Crippen molar-refractivity contribution in [2.75, 3.05) is 30.0 Å². The zero-order valence-corrected chi connectivity index (χ0v) is 16.0. The molecule has 0 aromatic heterocycles. The SMILES string of the molecule is CN(C)c1cccc(C(=O)Nc2ccc(Sc3ccc(O)cc3)c(N)c2)c1. The second kappa shape index (κ2) is 8.05. The smallest absolute Gasteiger partial charge is 0.255 e. The number of nitrogens with two attached hydrogens (primary N) is 1. The van der Waals surface area contributed by atoms with Gasteiger partial charge in [0.15, 0.2) is 0 Å². The van der Waals surface area contributed by atoms with Gasteiger partial charge in [0.2, 0.25) is 0 Å². The van der Waals surface area contributed by atoms with Crippen molar-refractivity contribution in [1.29, 1.82) is 0 Å². The molecule has 0 aliphatic heterocycles. The van der Waals surface area contributed by atoms with E-state index in [1.807, 2.05) is 61.5 Å². The number of nitrogen functional groups attached to an aromatic ring is 1. The summed E-state index contributed by atoms with van der Waals surface area (Å²) in [6.45, 7) is 0. The summed E-state index contributed by atoms with van der Waals surface area (Å²) in [5.74, 6) is 0.0424. The first-order chi connectivity index (χ1) is 12.9. The van der Waals surface area contributed by atoms with Crippen LogP contribution in [0.2, 0.25) is 0 Å². The van der Waals surface area contributed by atoms with E-state index in [2.05, 4.69) is 5.32 Å². The van der Waals surface area contributed by atoms with Gasteiger partial charge in [-0.15, -0.1) is 0 Å². The fourth-order valence-corrected chi connectivity index (χ4v) is 3.33. The lowest BCUT2D eigenvalue weighted by Gasteiger charge is -2.14. The first-order valence-electron chi connectivity index (χ1n) is 8.37. The predicted molar refractivity (Wildman–Crippen MR) is 112 cm³/mol. The molecule has 0 spiro atoms. The molecule has 0 saturated heterocycles. The Morgan fingerprint density at radius 2 is 1.78 bits per heavy atom. The number of anilines is 3. The molecule has 3 rings (SSSR count). The van der Waals surface area contributed by atoms with E-state index in [0.717, 1.165) is 15.5 Å². The van der Waals surface area contributed by atoms with Crippen molar-refractivity contribution in [1.82, 2.24) is 0 Å². The number of hydrogen-bond donors (Lipinski definition) is 3. The van der Waals surface area contributed by atoms with Gasteiger partial charge in [0.05, 0.1) is 0 Å². The Morgan fingerprint density at radius 3 is 2.44 bits per heavy atom. The lowest BCUT2D eigenvalue weighted by molar-refractivity contribution is 0.102. The van der Waals surface area contributed by atoms with Crippen LogP contribution in [0.1, 0.15) is 10.4 Å². The molecular weight excluding hydrogens is 358 g/mol. The highest BCUT2D eigenvalue weighted by Gasteiger charge is 2.09. The second-order valence-corrected chi connectivity index (χ2v) is 7.36. The fraction of sp³-hybridized carbons (Fsp3) is 0.0952. The largest absolute Gasteiger partial charge is 0.508 e. The van der Waals surface area contributed by atoms with E-state index in [4.69, 9.17) is 5.73 Å². The Bertz CT molecular complexity index is 956. The molecule has 5 nitrogen and oxygen atoms in total. The number of carbonyl (C=O) groups is 1. The number of aromatic hydroxyl groups is 1. The number of amides is 1. The first-order valence-corrected chi connectivity index (χ1v) is 9.19. The van der Waals surface area contributed by atoms with Crippen LogP contribution in [0.3, 0.4) is 0 Å². The summed E-state index contributed by atoms with van der Waals surface area (Å²) in [5.41, 5.74) is 8.91. The highest BCUT2D eigenvalue weighted by molar-refractivity contribution is 7.99. The Kier molecular flexibility index (Phi) is 5.57. The van der Waals surface area contributed by atoms with E-state index in [1.165, 1.54) is 11.8 Å². The van der Waals surface area contributed by atoms with Crippen LogP contribution >= 0.6 is 11.8 Å². The number of rotatable bonds is 5. The minimum atomic E-state index is -0.183. The van der Waals surface area contributed by atoms with Gasteiger partial charge in [-0.3, -0.25) is 4.79 Å². The molecule has 6 heteroatoms. The van der Waals surface area contributed by atoms with Gasteiger partial charge < -0.3 is 21.1 Å². The monoisotopic (exact) mass is 379 g/mol. The maximum Gasteiger partial charge on any atom is 0.255 e. The predicted octanol–water partition coefficient (Wildman–Crippen LogP) is 4.44. The normalized spacial score (nSPS) is 10.4. The summed E-state index contributed by atoms with van der Waals surface area (Å²) in [7, 11) is 3.87. The van der Waals surface area contributed by atoms with Crippen LogP contribution in [-0.4, -0.2) is 25.1 Å². The molecule has 0 heterocycles. The average molecular weight is 379 g/mol. The molecule has 0 radical (unpaired) electrons. The van der Waals surface area contributed by atoms with Crippen molar-refractivity contribution in [3.05, 3.63) is 72.3 Å². The van der Waals surface area contributed by atoms with E-state index in [-0.39, 0.29) is 11.7 Å². The van der Waals surface area contributed by atoms with E-state index in [1.54, 1.807) is 24.3 Å². The summed E-state index contributed by atoms with van der Waals surface area (Å²) in [6.07, 6.45) is 0. The van der Waals surface area contributed by atoms with Crippen LogP contribution in [0.5, 0.6) is 5.75 Å². The zero-order valence-electron chi connectivity index (χ0n) is 15.1. The zero-order chi connectivity index (χ0) is 19.4. The lowest BCUT2D eigenvalue weighted by atomic mass is 10.1. The maximum absolute atomic E-state index is 12.5. The van der Waals surface area contributed by atoms with Gasteiger partial charge in [-0.2, -0.15) is 0 Å². The molecule has 3 aromatic carbocycles. The van der Waals surface area contributed by atoms with Gasteiger partial charge in [0, 0.05) is 46.5 Å². The Labute approximate surface area is 162 Å². The number of carbonyl (C=O) groups excluding carboxylic acids is 1. The van der Waals surface area contributed by atoms with E-state index < -0.39 is 0 Å². The van der Waals surface area contributed by atoms with Crippen LogP contribution in [0.15, 0.2) is 76.5 Å². The molecule has 1 amide bonds. The number of hydrogen-bond acceptors (Lipinski definition) is 5. The molecule has 0 bridgehead atoms. The molecule has 0 fully saturated rings. The molecular formula is C21H21N3O2S. The maximum atomic E-state index is 12.5. The number of benzene rings is 3. The van der Waals surface area contributed by atoms with Gasteiger partial charge in [-0.05, 0) is 60.7 Å². The van der Waals surface area contributed by atoms with Gasteiger partial charge >= 0.3 is 0 Å². The van der Waals surface area contributed by atoms with Gasteiger partial charge in [0.1, 0.15) is 5.75 Å². The van der Waals surface area contributed by atoms with Crippen molar-refractivity contribution in [2.45, 2.75) is 9.79 Å². The third kappa shape index (κ3) is 4.74. The number of nitrogens with zero attached hydrogens (tertiary/aromatic N) is 1. The van der Waals surface area contributed by atoms with Crippen LogP contribution < -0.4 is 16.0 Å². The van der Waals surface area contributed by atoms with Crippen LogP contribution in [0.4, 0.5) is 17.1 Å². The molecule has 0 aliphatic carbocycles. The first kappa shape index (κ1) is 18.7. The van der Waals surface area contributed by atoms with Crippen LogP contribution in [0, 0.1) is 0 Å². The van der Waals surface area contributed by atoms with E-state index in [0.29, 0.717) is 16.9 Å². The molecule has 0 atom stereocenters. The third-order valence-corrected chi connectivity index (χ3v) is 5.06. The summed E-state index contributed by atoms with van der Waals surface area (Å²) in [6, 6.07) is 19.8. The summed E-state index contributed by atoms with van der Waals surface area (Å²) < 4.78 is 0. The van der Waals surface area contributed by atoms with Crippen LogP contribution in [0.25, 0.3) is 0 Å². The van der Waals surface area contributed by atoms with E-state index in [9.17, 15) is 9.90 Å². The summed E-state index contributed by atoms with van der Waals surface area (Å²) >= 11 is 1.50. The standard InChI is InChI=1S/C21H21N3O2S/c1-24(2)16-5-3-4-14(12-16)21(26)23-15-6-11-20(19(22)13-15)27-18-9-7-17(25)8-10-18/h3-13,25H,22H2,1-2H3,(H,23,26). The summed E-state index contributed by atoms with van der Waals surface area (Å²) in [5, 5.41) is 12.2. The minimum Gasteiger partial charge on any atom is -0.508 e. The Morgan fingerprint density at radius 1 is 1.04 bits per heavy atom. The highest BCUT2D eigenvalue weighted by atomic mass is 32.2. The van der Waals surface area contributed by atoms with Crippen molar-refractivity contribution >= 4 is 34.7 Å². The molecule has 4 N–H and O–H groups in total. The second-order valence-electron chi connectivity index (χ2n) is 6.25. The molecule has 0 unspecified atom stereocenters. The number of phenols is 1. The van der Waals surface area contributed by atoms with Crippen molar-refractivity contribution in [2.24, 2.45) is 0 Å². The number of phenolic OH excluding ortho intramolecular Hbond substituents is 1. The van der Waals surface area contributed by atoms with Gasteiger partial charge in [-0.1, -0.05) is 17.8 Å². The van der Waals surface area contributed by atoms with Crippen molar-refractivity contribution in [3.8, 4) is 5.75 Å². The quantitative estimate of drug-likeness (QED) is 0.571. The molecule has 27 heavy (non-hydrogen) atoms. The molecule has 0 saturated carbocycles. The minimum absolute atomic E-state index is 0.183. The Hall–Kier alpha value is -3.12. The topological polar surface area (TPSA) is 78.6 Å². The van der Waals surface area contributed by atoms with Gasteiger partial charge in [-0.25, -0.2) is 0 Å². The molecule has 138 valence electrons. The van der Waals surface area contributed by atoms with Crippen LogP contribution in [-0.2, 0) is 0 Å². The van der Waals surface area contributed by atoms with Gasteiger partial charge in [0.25, 0.3) is 5.91 Å². The average Bonchev–Trinajstić information content (AvgIpc) is 2.65. The molecule has 3 aromatic rings. The molecule has 0 aliphatic rings. The van der Waals surface area contributed by atoms with E-state index >= 15 is 0 Å². The lowest BCUT2D eigenvalue weighted by Crippen LogP contribution is -2.14. The summed E-state index contributed by atoms with van der Waals surface area (Å²) in [4.78, 5) is 16.3. The highest BCUT2D eigenvalue weighted by Crippen LogP contribution is 2.34. The third-order valence-electron chi connectivity index (χ3n) is 3.96. The number of nitrogens with one attached hydrogen (secondary N) is 1. The Balaban J connectivity index is 1.72. The fourth-order valence-electron chi connectivity index (χ4n) is 2.49. The van der Waals surface area contributed by atoms with Crippen molar-refractivity contribution < 1.29 is 9.90 Å². The van der Waals surface area contributed by atoms with Crippen molar-refractivity contribution in [3.63, 3.8) is 0 Å².